The van der Waals surface area contributed by atoms with Gasteiger partial charge in [-0.1, -0.05) is 11.6 Å². The van der Waals surface area contributed by atoms with Crippen LogP contribution in [-0.4, -0.2) is 30.0 Å². The van der Waals surface area contributed by atoms with E-state index in [9.17, 15) is 19.7 Å². The van der Waals surface area contributed by atoms with Crippen LogP contribution in [0.5, 0.6) is 5.75 Å². The van der Waals surface area contributed by atoms with Crippen LogP contribution in [0, 0.1) is 10.1 Å². The van der Waals surface area contributed by atoms with E-state index >= 15 is 0 Å². The molecule has 2 aromatic carbocycles. The molecule has 2 rings (SSSR count). The summed E-state index contributed by atoms with van der Waals surface area (Å²) in [5.41, 5.74) is 0.236. The molecule has 0 aromatic heterocycles. The van der Waals surface area contributed by atoms with Gasteiger partial charge < -0.3 is 14.8 Å². The summed E-state index contributed by atoms with van der Waals surface area (Å²) in [7, 11) is 1.50. The lowest BCUT2D eigenvalue weighted by Gasteiger charge is -2.14. The van der Waals surface area contributed by atoms with Crippen molar-refractivity contribution < 1.29 is 24.0 Å². The smallest absolute Gasteiger partial charge is 0.338 e. The number of nitro groups is 1. The second-order valence-electron chi connectivity index (χ2n) is 5.19. The Morgan fingerprint density at radius 1 is 1.19 bits per heavy atom. The van der Waals surface area contributed by atoms with Gasteiger partial charge in [0.2, 0.25) is 0 Å². The number of ether oxygens (including phenoxy) is 2. The molecule has 8 nitrogen and oxygen atoms in total. The number of hydrogen-bond donors (Lipinski definition) is 1. The number of carbonyl (C=O) groups is 2. The summed E-state index contributed by atoms with van der Waals surface area (Å²) >= 11 is 5.91. The minimum atomic E-state index is -1.10. The third-order valence-electron chi connectivity index (χ3n) is 3.40. The number of methoxy groups -OCH3 is 1. The zero-order valence-corrected chi connectivity index (χ0v) is 14.6. The third-order valence-corrected chi connectivity index (χ3v) is 3.71. The maximum Gasteiger partial charge on any atom is 0.338 e. The van der Waals surface area contributed by atoms with Gasteiger partial charge in [-0.3, -0.25) is 14.9 Å². The fourth-order valence-electron chi connectivity index (χ4n) is 1.96. The molecular weight excluding hydrogens is 364 g/mol. The third kappa shape index (κ3) is 4.70. The van der Waals surface area contributed by atoms with Gasteiger partial charge in [0.15, 0.2) is 6.10 Å². The van der Waals surface area contributed by atoms with Gasteiger partial charge in [-0.15, -0.1) is 0 Å². The van der Waals surface area contributed by atoms with Crippen LogP contribution in [0.2, 0.25) is 5.02 Å². The van der Waals surface area contributed by atoms with Gasteiger partial charge >= 0.3 is 5.97 Å². The van der Waals surface area contributed by atoms with Gasteiger partial charge in [0, 0.05) is 12.1 Å². The fourth-order valence-corrected chi connectivity index (χ4v) is 2.18. The fraction of sp³-hybridized carbons (Fsp3) is 0.176. The van der Waals surface area contributed by atoms with Gasteiger partial charge in [-0.05, 0) is 37.3 Å². The Bertz CT molecular complexity index is 838. The molecule has 0 aliphatic carbocycles. The molecule has 0 saturated carbocycles. The molecule has 136 valence electrons. The van der Waals surface area contributed by atoms with Crippen molar-refractivity contribution >= 4 is 34.9 Å². The maximum atomic E-state index is 12.1. The Labute approximate surface area is 153 Å². The highest BCUT2D eigenvalue weighted by Crippen LogP contribution is 2.26. The van der Waals surface area contributed by atoms with E-state index in [0.29, 0.717) is 5.75 Å². The number of rotatable bonds is 6. The topological polar surface area (TPSA) is 108 Å². The summed E-state index contributed by atoms with van der Waals surface area (Å²) in [6.45, 7) is 1.40. The van der Waals surface area contributed by atoms with E-state index in [4.69, 9.17) is 21.1 Å². The number of amides is 1. The van der Waals surface area contributed by atoms with Crippen molar-refractivity contribution in [3.8, 4) is 5.75 Å². The normalized spacial score (nSPS) is 11.3. The lowest BCUT2D eigenvalue weighted by molar-refractivity contribution is -0.384. The summed E-state index contributed by atoms with van der Waals surface area (Å²) in [5.74, 6) is -0.715. The van der Waals surface area contributed by atoms with Gasteiger partial charge in [-0.25, -0.2) is 4.79 Å². The molecule has 1 atom stereocenters. The molecule has 0 bridgehead atoms. The van der Waals surface area contributed by atoms with Crippen LogP contribution in [0.3, 0.4) is 0 Å². The van der Waals surface area contributed by atoms with Crippen LogP contribution in [-0.2, 0) is 9.53 Å². The van der Waals surface area contributed by atoms with Crippen molar-refractivity contribution in [2.24, 2.45) is 0 Å². The Morgan fingerprint density at radius 3 is 2.38 bits per heavy atom. The van der Waals surface area contributed by atoms with Gasteiger partial charge in [0.25, 0.3) is 11.6 Å². The average molecular weight is 379 g/mol. The molecule has 0 saturated heterocycles. The first-order chi connectivity index (χ1) is 12.3. The minimum absolute atomic E-state index is 0.00114. The second kappa shape index (κ2) is 8.30. The number of halogens is 1. The Hall–Kier alpha value is -3.13. The van der Waals surface area contributed by atoms with Crippen molar-refractivity contribution in [2.75, 3.05) is 12.4 Å². The number of non-ortho nitro benzene ring substituents is 1. The van der Waals surface area contributed by atoms with E-state index in [1.54, 1.807) is 12.1 Å². The van der Waals surface area contributed by atoms with Crippen molar-refractivity contribution in [3.05, 3.63) is 63.2 Å². The predicted molar refractivity (Wildman–Crippen MR) is 94.6 cm³/mol. The van der Waals surface area contributed by atoms with Crippen LogP contribution in [0.25, 0.3) is 0 Å². The zero-order chi connectivity index (χ0) is 19.3. The van der Waals surface area contributed by atoms with Crippen molar-refractivity contribution in [2.45, 2.75) is 13.0 Å². The number of esters is 1. The molecule has 0 spiro atoms. The molecule has 0 unspecified atom stereocenters. The summed E-state index contributed by atoms with van der Waals surface area (Å²) in [5, 5.41) is 13.1. The second-order valence-corrected chi connectivity index (χ2v) is 5.59. The lowest BCUT2D eigenvalue weighted by atomic mass is 10.2. The molecule has 0 fully saturated rings. The predicted octanol–water partition coefficient (Wildman–Crippen LogP) is 3.44. The summed E-state index contributed by atoms with van der Waals surface area (Å²) in [6, 6.07) is 9.84. The number of nitro benzene ring substituents is 1. The van der Waals surface area contributed by atoms with E-state index < -0.39 is 22.9 Å². The Kier molecular flexibility index (Phi) is 6.13. The molecule has 1 N–H and O–H groups in total. The molecule has 0 aliphatic rings. The van der Waals surface area contributed by atoms with Gasteiger partial charge in [-0.2, -0.15) is 0 Å². The highest BCUT2D eigenvalue weighted by atomic mass is 35.5. The highest BCUT2D eigenvalue weighted by molar-refractivity contribution is 6.34. The first-order valence-corrected chi connectivity index (χ1v) is 7.79. The number of benzene rings is 2. The largest absolute Gasteiger partial charge is 0.497 e. The van der Waals surface area contributed by atoms with Crippen molar-refractivity contribution in [3.63, 3.8) is 0 Å². The molecule has 2 aromatic rings. The van der Waals surface area contributed by atoms with Gasteiger partial charge in [0.05, 0.1) is 28.3 Å². The van der Waals surface area contributed by atoms with Crippen LogP contribution in [0.1, 0.15) is 17.3 Å². The summed E-state index contributed by atoms with van der Waals surface area (Å²) < 4.78 is 10.1. The molecule has 26 heavy (non-hydrogen) atoms. The van der Waals surface area contributed by atoms with Crippen LogP contribution >= 0.6 is 11.6 Å². The quantitative estimate of drug-likeness (QED) is 0.468. The molecule has 0 radical (unpaired) electrons. The molecule has 9 heteroatoms. The zero-order valence-electron chi connectivity index (χ0n) is 13.9. The van der Waals surface area contributed by atoms with Gasteiger partial charge in [0.1, 0.15) is 5.75 Å². The number of anilines is 1. The number of hydrogen-bond acceptors (Lipinski definition) is 6. The SMILES string of the molecule is COc1ccc(C(=O)O[C@H](C)C(=O)Nc2ccc([N+](=O)[O-])cc2Cl)cc1. The Morgan fingerprint density at radius 2 is 1.85 bits per heavy atom. The minimum Gasteiger partial charge on any atom is -0.497 e. The number of carbonyl (C=O) groups excluding carboxylic acids is 2. The average Bonchev–Trinajstić information content (AvgIpc) is 2.63. The van der Waals surface area contributed by atoms with Crippen molar-refractivity contribution in [1.82, 2.24) is 0 Å². The van der Waals surface area contributed by atoms with E-state index in [-0.39, 0.29) is 22.0 Å². The first kappa shape index (κ1) is 19.2. The molecule has 0 heterocycles. The maximum absolute atomic E-state index is 12.1. The summed E-state index contributed by atoms with van der Waals surface area (Å²) in [6.07, 6.45) is -1.10. The first-order valence-electron chi connectivity index (χ1n) is 7.41. The number of nitrogens with zero attached hydrogens (tertiary/aromatic N) is 1. The van der Waals surface area contributed by atoms with Crippen LogP contribution in [0.4, 0.5) is 11.4 Å². The molecular formula is C17H15ClN2O6. The highest BCUT2D eigenvalue weighted by Gasteiger charge is 2.20. The van der Waals surface area contributed by atoms with Crippen LogP contribution < -0.4 is 10.1 Å². The summed E-state index contributed by atoms with van der Waals surface area (Å²) in [4.78, 5) is 34.3. The molecule has 0 aliphatic heterocycles. The van der Waals surface area contributed by atoms with E-state index in [2.05, 4.69) is 5.32 Å². The number of nitrogens with one attached hydrogen (secondary N) is 1. The standard InChI is InChI=1S/C17H15ClN2O6/c1-10(26-17(22)11-3-6-13(25-2)7-4-11)16(21)19-15-8-5-12(20(23)24)9-14(15)18/h3-10H,1-2H3,(H,19,21)/t10-/m1/s1. The van der Waals surface area contributed by atoms with Crippen LogP contribution in [0.15, 0.2) is 42.5 Å². The van der Waals surface area contributed by atoms with E-state index in [1.165, 1.54) is 38.3 Å². The van der Waals surface area contributed by atoms with E-state index in [0.717, 1.165) is 6.07 Å². The Balaban J connectivity index is 2.00. The monoisotopic (exact) mass is 378 g/mol. The van der Waals surface area contributed by atoms with Crippen molar-refractivity contribution in [1.29, 1.82) is 0 Å². The lowest BCUT2D eigenvalue weighted by Crippen LogP contribution is -2.30. The van der Waals surface area contributed by atoms with E-state index in [1.807, 2.05) is 0 Å². The molecule has 1 amide bonds.